The highest BCUT2D eigenvalue weighted by atomic mass is 16.5. The van der Waals surface area contributed by atoms with Gasteiger partial charge >= 0.3 is 0 Å². The van der Waals surface area contributed by atoms with E-state index in [1.165, 1.54) is 6.07 Å². The van der Waals surface area contributed by atoms with Crippen molar-refractivity contribution in [3.63, 3.8) is 0 Å². The molecule has 1 amide bonds. The maximum Gasteiger partial charge on any atom is 0.280 e. The van der Waals surface area contributed by atoms with E-state index in [1.807, 2.05) is 36.4 Å². The lowest BCUT2D eigenvalue weighted by atomic mass is 10.2. The molecule has 0 aliphatic heterocycles. The van der Waals surface area contributed by atoms with Crippen molar-refractivity contribution in [3.8, 4) is 17.5 Å². The van der Waals surface area contributed by atoms with Crippen molar-refractivity contribution in [1.29, 1.82) is 5.26 Å². The Morgan fingerprint density at radius 3 is 2.56 bits per heavy atom. The molecule has 0 aliphatic rings. The van der Waals surface area contributed by atoms with Gasteiger partial charge in [-0.05, 0) is 43.3 Å². The summed E-state index contributed by atoms with van der Waals surface area (Å²) in [6, 6.07) is 19.0. The first kappa shape index (κ1) is 17.9. The van der Waals surface area contributed by atoms with Gasteiger partial charge in [0.15, 0.2) is 12.3 Å². The summed E-state index contributed by atoms with van der Waals surface area (Å²) in [4.78, 5) is 24.8. The second-order valence-electron chi connectivity index (χ2n) is 5.67. The van der Waals surface area contributed by atoms with Crippen LogP contribution in [0.3, 0.4) is 0 Å². The SMILES string of the molecule is Cc1cc(=O)c(C(=O)Nc2ccc(OCC#N)cc2)nn1-c1ccccc1. The Kier molecular flexibility index (Phi) is 5.28. The number of hydrogen-bond donors (Lipinski definition) is 1. The summed E-state index contributed by atoms with van der Waals surface area (Å²) in [5.74, 6) is -0.0928. The molecule has 0 bridgehead atoms. The topological polar surface area (TPSA) is 97.0 Å². The van der Waals surface area contributed by atoms with Gasteiger partial charge in [-0.15, -0.1) is 0 Å². The minimum absolute atomic E-state index is 0.0575. The molecule has 0 saturated heterocycles. The zero-order chi connectivity index (χ0) is 19.2. The zero-order valence-electron chi connectivity index (χ0n) is 14.5. The third-order valence-electron chi connectivity index (χ3n) is 3.74. The molecule has 0 aliphatic carbocycles. The Balaban J connectivity index is 1.84. The number of aryl methyl sites for hydroxylation is 1. The summed E-state index contributed by atoms with van der Waals surface area (Å²) in [6.45, 7) is 1.70. The van der Waals surface area contributed by atoms with E-state index in [2.05, 4.69) is 10.4 Å². The molecular weight excluding hydrogens is 344 g/mol. The molecule has 1 N–H and O–H groups in total. The van der Waals surface area contributed by atoms with Gasteiger partial charge in [-0.2, -0.15) is 10.4 Å². The van der Waals surface area contributed by atoms with E-state index in [0.717, 1.165) is 5.69 Å². The fraction of sp³-hybridized carbons (Fsp3) is 0.100. The first-order valence-corrected chi connectivity index (χ1v) is 8.16. The van der Waals surface area contributed by atoms with E-state index in [-0.39, 0.29) is 12.3 Å². The van der Waals surface area contributed by atoms with Crippen molar-refractivity contribution in [2.75, 3.05) is 11.9 Å². The number of para-hydroxylation sites is 1. The average Bonchev–Trinajstić information content (AvgIpc) is 2.68. The van der Waals surface area contributed by atoms with Gasteiger partial charge in [0, 0.05) is 17.4 Å². The van der Waals surface area contributed by atoms with E-state index in [9.17, 15) is 9.59 Å². The highest BCUT2D eigenvalue weighted by Crippen LogP contribution is 2.16. The highest BCUT2D eigenvalue weighted by Gasteiger charge is 2.15. The normalized spacial score (nSPS) is 10.1. The predicted molar refractivity (Wildman–Crippen MR) is 100 cm³/mol. The van der Waals surface area contributed by atoms with Crippen LogP contribution in [0.2, 0.25) is 0 Å². The van der Waals surface area contributed by atoms with Crippen molar-refractivity contribution < 1.29 is 9.53 Å². The standard InChI is InChI=1S/C20H16N4O3/c1-14-13-18(25)19(23-24(14)16-5-3-2-4-6-16)20(26)22-15-7-9-17(10-8-15)27-12-11-21/h2-10,13H,12H2,1H3,(H,22,26). The number of anilines is 1. The maximum absolute atomic E-state index is 12.5. The molecule has 3 rings (SSSR count). The summed E-state index contributed by atoms with van der Waals surface area (Å²) < 4.78 is 6.71. The number of aromatic nitrogens is 2. The molecule has 3 aromatic rings. The Morgan fingerprint density at radius 2 is 1.89 bits per heavy atom. The molecule has 1 aromatic heterocycles. The number of nitrogens with zero attached hydrogens (tertiary/aromatic N) is 3. The van der Waals surface area contributed by atoms with Crippen LogP contribution in [0.1, 0.15) is 16.2 Å². The molecule has 0 atom stereocenters. The number of ether oxygens (including phenoxy) is 1. The van der Waals surface area contributed by atoms with Crippen molar-refractivity contribution in [2.45, 2.75) is 6.92 Å². The molecule has 0 unspecified atom stereocenters. The zero-order valence-corrected chi connectivity index (χ0v) is 14.5. The van der Waals surface area contributed by atoms with Crippen LogP contribution < -0.4 is 15.5 Å². The molecule has 7 nitrogen and oxygen atoms in total. The third-order valence-corrected chi connectivity index (χ3v) is 3.74. The molecule has 27 heavy (non-hydrogen) atoms. The second kappa shape index (κ2) is 7.97. The van der Waals surface area contributed by atoms with E-state index in [4.69, 9.17) is 10.00 Å². The van der Waals surface area contributed by atoms with Crippen molar-refractivity contribution in [1.82, 2.24) is 9.78 Å². The van der Waals surface area contributed by atoms with Crippen LogP contribution in [-0.2, 0) is 0 Å². The van der Waals surface area contributed by atoms with Gasteiger partial charge in [0.1, 0.15) is 11.8 Å². The lowest BCUT2D eigenvalue weighted by Gasteiger charge is -2.11. The highest BCUT2D eigenvalue weighted by molar-refractivity contribution is 6.02. The van der Waals surface area contributed by atoms with E-state index >= 15 is 0 Å². The molecule has 2 aromatic carbocycles. The number of amides is 1. The fourth-order valence-electron chi connectivity index (χ4n) is 2.48. The van der Waals surface area contributed by atoms with Gasteiger partial charge in [-0.3, -0.25) is 9.59 Å². The Hall–Kier alpha value is -3.92. The predicted octanol–water partition coefficient (Wildman–Crippen LogP) is 2.70. The van der Waals surface area contributed by atoms with Crippen LogP contribution in [0.5, 0.6) is 5.75 Å². The van der Waals surface area contributed by atoms with Gasteiger partial charge in [-0.1, -0.05) is 18.2 Å². The largest absolute Gasteiger partial charge is 0.479 e. The third kappa shape index (κ3) is 4.19. The quantitative estimate of drug-likeness (QED) is 0.754. The van der Waals surface area contributed by atoms with Gasteiger partial charge in [0.25, 0.3) is 5.91 Å². The van der Waals surface area contributed by atoms with E-state index in [0.29, 0.717) is 17.1 Å². The van der Waals surface area contributed by atoms with Crippen molar-refractivity contribution in [3.05, 3.63) is 82.3 Å². The maximum atomic E-state index is 12.5. The second-order valence-corrected chi connectivity index (χ2v) is 5.67. The van der Waals surface area contributed by atoms with Gasteiger partial charge in [0.05, 0.1) is 5.69 Å². The number of hydrogen-bond acceptors (Lipinski definition) is 5. The summed E-state index contributed by atoms with van der Waals surface area (Å²) in [7, 11) is 0. The molecule has 1 heterocycles. The average molecular weight is 360 g/mol. The Morgan fingerprint density at radius 1 is 1.19 bits per heavy atom. The summed E-state index contributed by atoms with van der Waals surface area (Å²) >= 11 is 0. The molecular formula is C20H16N4O3. The first-order valence-electron chi connectivity index (χ1n) is 8.16. The molecule has 0 spiro atoms. The number of rotatable bonds is 5. The summed E-state index contributed by atoms with van der Waals surface area (Å²) in [5, 5.41) is 15.4. The molecule has 134 valence electrons. The summed E-state index contributed by atoms with van der Waals surface area (Å²) in [5.41, 5.74) is 1.21. The fourth-order valence-corrected chi connectivity index (χ4v) is 2.48. The first-order chi connectivity index (χ1) is 13.1. The van der Waals surface area contributed by atoms with Crippen LogP contribution in [-0.4, -0.2) is 22.3 Å². The van der Waals surface area contributed by atoms with Crippen LogP contribution in [0.4, 0.5) is 5.69 Å². The Labute approximate surface area is 155 Å². The van der Waals surface area contributed by atoms with Gasteiger partial charge in [0.2, 0.25) is 5.43 Å². The van der Waals surface area contributed by atoms with Crippen LogP contribution >= 0.6 is 0 Å². The number of nitriles is 1. The number of carbonyl (C=O) groups excluding carboxylic acids is 1. The number of carbonyl (C=O) groups is 1. The minimum Gasteiger partial charge on any atom is -0.479 e. The van der Waals surface area contributed by atoms with E-state index in [1.54, 1.807) is 35.9 Å². The molecule has 0 radical (unpaired) electrons. The lowest BCUT2D eigenvalue weighted by molar-refractivity contribution is 0.101. The number of benzene rings is 2. The van der Waals surface area contributed by atoms with Crippen LogP contribution in [0.25, 0.3) is 5.69 Å². The van der Waals surface area contributed by atoms with Crippen LogP contribution in [0, 0.1) is 18.3 Å². The lowest BCUT2D eigenvalue weighted by Crippen LogP contribution is -2.26. The van der Waals surface area contributed by atoms with Crippen molar-refractivity contribution in [2.24, 2.45) is 0 Å². The minimum atomic E-state index is -0.602. The number of nitrogens with one attached hydrogen (secondary N) is 1. The monoisotopic (exact) mass is 360 g/mol. The summed E-state index contributed by atoms with van der Waals surface area (Å²) in [6.07, 6.45) is 0. The van der Waals surface area contributed by atoms with E-state index < -0.39 is 11.3 Å². The van der Waals surface area contributed by atoms with Gasteiger partial charge < -0.3 is 10.1 Å². The van der Waals surface area contributed by atoms with Crippen LogP contribution in [0.15, 0.2) is 65.5 Å². The smallest absolute Gasteiger partial charge is 0.280 e. The molecule has 7 heteroatoms. The van der Waals surface area contributed by atoms with Gasteiger partial charge in [-0.25, -0.2) is 4.68 Å². The molecule has 0 fully saturated rings. The Bertz CT molecular complexity index is 1050. The molecule has 0 saturated carbocycles. The van der Waals surface area contributed by atoms with Crippen molar-refractivity contribution >= 4 is 11.6 Å².